The summed E-state index contributed by atoms with van der Waals surface area (Å²) in [5, 5.41) is 12.1. The van der Waals surface area contributed by atoms with Crippen LogP contribution in [-0.2, 0) is 9.63 Å². The molecule has 0 bridgehead atoms. The zero-order valence-electron chi connectivity index (χ0n) is 15.0. The van der Waals surface area contributed by atoms with Crippen LogP contribution >= 0.6 is 23.2 Å². The first kappa shape index (κ1) is 22.6. The lowest BCUT2D eigenvalue weighted by Gasteiger charge is -2.19. The quantitative estimate of drug-likeness (QED) is 0.446. The Kier molecular flexibility index (Phi) is 7.21. The number of ether oxygens (including phenoxy) is 2. The smallest absolute Gasteiger partial charge is 0.486 e. The Morgan fingerprint density at radius 3 is 2.28 bits per heavy atom. The molecule has 0 aromatic heterocycles. The highest BCUT2D eigenvalue weighted by molar-refractivity contribution is 6.42. The molecule has 29 heavy (non-hydrogen) atoms. The summed E-state index contributed by atoms with van der Waals surface area (Å²) in [5.74, 6) is -2.01. The van der Waals surface area contributed by atoms with E-state index in [9.17, 15) is 23.1 Å². The first-order valence-electron chi connectivity index (χ1n) is 7.88. The molecule has 0 amide bonds. The van der Waals surface area contributed by atoms with Gasteiger partial charge in [-0.05, 0) is 6.92 Å². The molecule has 2 aromatic carbocycles. The molecule has 156 valence electrons. The fraction of sp³-hybridized carbons (Fsp3) is 0.222. The van der Waals surface area contributed by atoms with E-state index in [1.807, 2.05) is 0 Å². The number of aliphatic carboxylic acids is 1. The van der Waals surface area contributed by atoms with Crippen LogP contribution in [0.15, 0.2) is 41.6 Å². The van der Waals surface area contributed by atoms with Gasteiger partial charge in [0.2, 0.25) is 0 Å². The minimum absolute atomic E-state index is 0.0531. The number of hydrogen-bond donors (Lipinski definition) is 1. The summed E-state index contributed by atoms with van der Waals surface area (Å²) in [6.45, 7) is 1.60. The Hall–Kier alpha value is -2.65. The second-order valence-corrected chi connectivity index (χ2v) is 6.35. The van der Waals surface area contributed by atoms with Crippen LogP contribution in [0.5, 0.6) is 11.5 Å². The summed E-state index contributed by atoms with van der Waals surface area (Å²) in [5.41, 5.74) is 0.334. The van der Waals surface area contributed by atoms with Gasteiger partial charge in [0.05, 0.1) is 10.0 Å². The standard InChI is InChI=1S/C18H14Cl2F3NO5/c1-9(11-5-3-4-6-12(11)15(17(25)26)24-27-2)28-10-7-13(19)16(14(20)8-10)29-18(21,22)23/h3-9H,1-2H3,(H,25,26). The highest BCUT2D eigenvalue weighted by Gasteiger charge is 2.33. The molecule has 0 fully saturated rings. The third-order valence-corrected chi connectivity index (χ3v) is 4.10. The molecule has 0 aliphatic heterocycles. The molecule has 0 radical (unpaired) electrons. The van der Waals surface area contributed by atoms with Crippen LogP contribution in [0.4, 0.5) is 13.2 Å². The Morgan fingerprint density at radius 1 is 1.17 bits per heavy atom. The summed E-state index contributed by atoms with van der Waals surface area (Å²) in [7, 11) is 1.21. The van der Waals surface area contributed by atoms with Gasteiger partial charge in [0.15, 0.2) is 11.5 Å². The molecule has 1 N–H and O–H groups in total. The van der Waals surface area contributed by atoms with Gasteiger partial charge in [-0.1, -0.05) is 52.6 Å². The number of oxime groups is 1. The molecule has 1 atom stereocenters. The SMILES string of the molecule is CON=C(C(=O)O)c1ccccc1C(C)Oc1cc(Cl)c(OC(F)(F)F)c(Cl)c1. The second-order valence-electron chi connectivity index (χ2n) is 5.54. The van der Waals surface area contributed by atoms with Crippen molar-refractivity contribution < 1.29 is 37.4 Å². The summed E-state index contributed by atoms with van der Waals surface area (Å²) >= 11 is 11.7. The lowest BCUT2D eigenvalue weighted by Crippen LogP contribution is -2.19. The first-order valence-corrected chi connectivity index (χ1v) is 8.64. The van der Waals surface area contributed by atoms with E-state index in [1.54, 1.807) is 25.1 Å². The molecule has 0 heterocycles. The molecule has 1 unspecified atom stereocenters. The van der Waals surface area contributed by atoms with Gasteiger partial charge in [0.1, 0.15) is 19.0 Å². The van der Waals surface area contributed by atoms with Gasteiger partial charge in [-0.25, -0.2) is 4.79 Å². The van der Waals surface area contributed by atoms with Crippen LogP contribution in [0, 0.1) is 0 Å². The molecule has 0 saturated carbocycles. The lowest BCUT2D eigenvalue weighted by molar-refractivity contribution is -0.274. The van der Waals surface area contributed by atoms with Crippen molar-refractivity contribution in [3.05, 3.63) is 57.6 Å². The average Bonchev–Trinajstić information content (AvgIpc) is 2.62. The summed E-state index contributed by atoms with van der Waals surface area (Å²) in [6, 6.07) is 8.60. The number of carboxylic acids is 1. The maximum Gasteiger partial charge on any atom is 0.573 e. The highest BCUT2D eigenvalue weighted by atomic mass is 35.5. The number of carbonyl (C=O) groups is 1. The van der Waals surface area contributed by atoms with Crippen molar-refractivity contribution in [2.75, 3.05) is 7.11 Å². The van der Waals surface area contributed by atoms with Crippen LogP contribution in [0.2, 0.25) is 10.0 Å². The molecule has 11 heteroatoms. The summed E-state index contributed by atoms with van der Waals surface area (Å²) < 4.78 is 46.8. The fourth-order valence-electron chi connectivity index (χ4n) is 2.45. The molecule has 2 aromatic rings. The minimum Gasteiger partial charge on any atom is -0.486 e. The third kappa shape index (κ3) is 5.91. The van der Waals surface area contributed by atoms with E-state index < -0.39 is 34.2 Å². The van der Waals surface area contributed by atoms with E-state index in [0.29, 0.717) is 5.56 Å². The van der Waals surface area contributed by atoms with Gasteiger partial charge in [0.25, 0.3) is 0 Å². The molecule has 6 nitrogen and oxygen atoms in total. The largest absolute Gasteiger partial charge is 0.573 e. The van der Waals surface area contributed by atoms with Crippen LogP contribution in [0.3, 0.4) is 0 Å². The molecule has 0 aliphatic rings. The van der Waals surface area contributed by atoms with Crippen molar-refractivity contribution in [3.63, 3.8) is 0 Å². The van der Waals surface area contributed by atoms with Gasteiger partial charge in [-0.15, -0.1) is 13.2 Å². The average molecular weight is 452 g/mol. The highest BCUT2D eigenvalue weighted by Crippen LogP contribution is 2.40. The van der Waals surface area contributed by atoms with E-state index in [2.05, 4.69) is 14.7 Å². The second kappa shape index (κ2) is 9.23. The van der Waals surface area contributed by atoms with Crippen LogP contribution < -0.4 is 9.47 Å². The maximum atomic E-state index is 12.4. The van der Waals surface area contributed by atoms with Crippen molar-refractivity contribution in [2.45, 2.75) is 19.4 Å². The molecule has 0 spiro atoms. The van der Waals surface area contributed by atoms with Crippen molar-refractivity contribution in [1.82, 2.24) is 0 Å². The molecular formula is C18H14Cl2F3NO5. The normalized spacial score (nSPS) is 13.0. The van der Waals surface area contributed by atoms with Gasteiger partial charge in [0, 0.05) is 23.3 Å². The topological polar surface area (TPSA) is 77.4 Å². The number of nitrogens with zero attached hydrogens (tertiary/aromatic N) is 1. The Balaban J connectivity index is 2.36. The van der Waals surface area contributed by atoms with Crippen LogP contribution in [0.1, 0.15) is 24.2 Å². The zero-order chi connectivity index (χ0) is 21.8. The van der Waals surface area contributed by atoms with Gasteiger partial charge in [-0.3, -0.25) is 0 Å². The van der Waals surface area contributed by atoms with Crippen LogP contribution in [-0.4, -0.2) is 30.3 Å². The van der Waals surface area contributed by atoms with Crippen LogP contribution in [0.25, 0.3) is 0 Å². The Morgan fingerprint density at radius 2 is 1.76 bits per heavy atom. The minimum atomic E-state index is -4.96. The Labute approximate surface area is 173 Å². The lowest BCUT2D eigenvalue weighted by atomic mass is 9.99. The van der Waals surface area contributed by atoms with Crippen molar-refractivity contribution in [1.29, 1.82) is 0 Å². The predicted molar refractivity (Wildman–Crippen MR) is 99.8 cm³/mol. The predicted octanol–water partition coefficient (Wildman–Crippen LogP) is 5.47. The van der Waals surface area contributed by atoms with Crippen molar-refractivity contribution >= 4 is 34.9 Å². The molecule has 0 aliphatic carbocycles. The van der Waals surface area contributed by atoms with E-state index in [0.717, 1.165) is 12.1 Å². The third-order valence-electron chi connectivity index (χ3n) is 3.54. The van der Waals surface area contributed by atoms with Gasteiger partial charge < -0.3 is 19.4 Å². The van der Waals surface area contributed by atoms with E-state index in [-0.39, 0.29) is 17.0 Å². The van der Waals surface area contributed by atoms with Gasteiger partial charge in [-0.2, -0.15) is 0 Å². The van der Waals surface area contributed by atoms with E-state index >= 15 is 0 Å². The maximum absolute atomic E-state index is 12.4. The molecular weight excluding hydrogens is 438 g/mol. The van der Waals surface area contributed by atoms with Gasteiger partial charge >= 0.3 is 12.3 Å². The zero-order valence-corrected chi connectivity index (χ0v) is 16.5. The van der Waals surface area contributed by atoms with Crippen molar-refractivity contribution in [3.8, 4) is 11.5 Å². The first-order chi connectivity index (χ1) is 13.5. The number of halogens is 5. The van der Waals surface area contributed by atoms with Crippen molar-refractivity contribution in [2.24, 2.45) is 5.16 Å². The summed E-state index contributed by atoms with van der Waals surface area (Å²) in [4.78, 5) is 16.1. The van der Waals surface area contributed by atoms with E-state index in [4.69, 9.17) is 27.9 Å². The number of benzene rings is 2. The molecule has 2 rings (SSSR count). The number of rotatable bonds is 7. The molecule has 0 saturated heterocycles. The van der Waals surface area contributed by atoms with E-state index in [1.165, 1.54) is 13.2 Å². The Bertz CT molecular complexity index is 911. The number of carboxylic acid groups (broad SMARTS) is 1. The fourth-order valence-corrected chi connectivity index (χ4v) is 2.99. The monoisotopic (exact) mass is 451 g/mol. The number of alkyl halides is 3. The number of hydrogen-bond acceptors (Lipinski definition) is 5. The summed E-state index contributed by atoms with van der Waals surface area (Å²) in [6.07, 6.45) is -5.70.